The van der Waals surface area contributed by atoms with E-state index in [4.69, 9.17) is 17.0 Å². The van der Waals surface area contributed by atoms with Gasteiger partial charge in [0.2, 0.25) is 17.7 Å². The zero-order valence-electron chi connectivity index (χ0n) is 15.5. The number of amides is 3. The number of esters is 1. The van der Waals surface area contributed by atoms with E-state index in [1.54, 1.807) is 18.4 Å². The molecule has 4 atom stereocenters. The predicted octanol–water partition coefficient (Wildman–Crippen LogP) is 1.54. The number of rotatable bonds is 5. The van der Waals surface area contributed by atoms with Crippen molar-refractivity contribution < 1.29 is 23.9 Å². The number of thiocarbonyl (C=S) groups is 1. The molecule has 3 aliphatic rings. The Labute approximate surface area is 176 Å². The van der Waals surface area contributed by atoms with Gasteiger partial charge in [-0.1, -0.05) is 12.2 Å². The molecule has 1 aromatic heterocycles. The fourth-order valence-electron chi connectivity index (χ4n) is 4.34. The number of anilines is 1. The lowest BCUT2D eigenvalue weighted by atomic mass is 9.85. The van der Waals surface area contributed by atoms with Gasteiger partial charge in [-0.05, 0) is 48.8 Å². The minimum absolute atomic E-state index is 0.0241. The number of likely N-dealkylation sites (tertiary alicyclic amines) is 1. The molecule has 0 radical (unpaired) electrons. The van der Waals surface area contributed by atoms with Crippen molar-refractivity contribution in [1.29, 1.82) is 0 Å². The second kappa shape index (κ2) is 7.68. The van der Waals surface area contributed by atoms with Crippen LogP contribution in [0.4, 0.5) is 5.00 Å². The molecule has 2 bridgehead atoms. The molecule has 0 spiro atoms. The molecule has 0 unspecified atom stereocenters. The summed E-state index contributed by atoms with van der Waals surface area (Å²) in [5.41, 5.74) is 0.314. The van der Waals surface area contributed by atoms with Gasteiger partial charge in [0, 0.05) is 0 Å². The first-order chi connectivity index (χ1) is 13.9. The number of hydrogen-bond donors (Lipinski definition) is 2. The second-order valence-electron chi connectivity index (χ2n) is 7.15. The summed E-state index contributed by atoms with van der Waals surface area (Å²) in [4.78, 5) is 50.6. The number of hydrogen-bond acceptors (Lipinski definition) is 7. The zero-order chi connectivity index (χ0) is 20.7. The van der Waals surface area contributed by atoms with Crippen molar-refractivity contribution in [3.63, 3.8) is 0 Å². The van der Waals surface area contributed by atoms with Crippen LogP contribution in [0.5, 0.6) is 0 Å². The van der Waals surface area contributed by atoms with E-state index in [-0.39, 0.29) is 53.8 Å². The minimum atomic E-state index is -0.571. The number of ether oxygens (including phenoxy) is 1. The maximum atomic E-state index is 12.6. The van der Waals surface area contributed by atoms with Crippen molar-refractivity contribution in [1.82, 2.24) is 10.2 Å². The molecule has 1 aliphatic heterocycles. The van der Waals surface area contributed by atoms with Gasteiger partial charge in [-0.2, -0.15) is 0 Å². The van der Waals surface area contributed by atoms with Crippen LogP contribution in [0.2, 0.25) is 0 Å². The monoisotopic (exact) mass is 433 g/mol. The molecule has 3 amide bonds. The van der Waals surface area contributed by atoms with E-state index >= 15 is 0 Å². The van der Waals surface area contributed by atoms with Crippen molar-refractivity contribution in [2.75, 3.05) is 18.5 Å². The highest BCUT2D eigenvalue weighted by atomic mass is 32.1. The quantitative estimate of drug-likeness (QED) is 0.314. The number of allylic oxidation sites excluding steroid dienone is 2. The van der Waals surface area contributed by atoms with Crippen LogP contribution in [0, 0.1) is 23.7 Å². The largest absolute Gasteiger partial charge is 0.462 e. The second-order valence-corrected chi connectivity index (χ2v) is 8.47. The number of fused-ring (bicyclic) bond motifs is 5. The van der Waals surface area contributed by atoms with Gasteiger partial charge in [0.05, 0.1) is 24.0 Å². The third kappa shape index (κ3) is 3.46. The lowest BCUT2D eigenvalue weighted by Crippen LogP contribution is -2.44. The third-order valence-electron chi connectivity index (χ3n) is 5.50. The SMILES string of the molecule is CCOC(=O)c1ccsc1NC(=S)NC(=O)CN1C(=O)[C@@H]2[C@H](C1=O)[C@@H]1C=C[C@H]2C1. The molecule has 2 N–H and O–H groups in total. The fraction of sp³-hybridized carbons (Fsp3) is 0.421. The van der Waals surface area contributed by atoms with Crippen LogP contribution >= 0.6 is 23.6 Å². The molecule has 29 heavy (non-hydrogen) atoms. The van der Waals surface area contributed by atoms with Crippen molar-refractivity contribution in [2.24, 2.45) is 23.7 Å². The van der Waals surface area contributed by atoms with E-state index < -0.39 is 11.9 Å². The average molecular weight is 434 g/mol. The van der Waals surface area contributed by atoms with Gasteiger partial charge in [-0.3, -0.25) is 19.3 Å². The maximum Gasteiger partial charge on any atom is 0.341 e. The van der Waals surface area contributed by atoms with Gasteiger partial charge < -0.3 is 15.4 Å². The van der Waals surface area contributed by atoms with E-state index in [2.05, 4.69) is 10.6 Å². The molecular formula is C19H19N3O5S2. The Bertz CT molecular complexity index is 910. The van der Waals surface area contributed by atoms with E-state index in [1.807, 2.05) is 12.2 Å². The number of imide groups is 1. The van der Waals surface area contributed by atoms with Crippen LogP contribution < -0.4 is 10.6 Å². The highest BCUT2D eigenvalue weighted by Gasteiger charge is 2.59. The van der Waals surface area contributed by atoms with E-state index in [9.17, 15) is 19.2 Å². The van der Waals surface area contributed by atoms with Crippen molar-refractivity contribution >= 4 is 57.4 Å². The number of carbonyl (C=O) groups is 4. The van der Waals surface area contributed by atoms with Gasteiger partial charge in [0.15, 0.2) is 5.11 Å². The normalized spacial score (nSPS) is 26.6. The van der Waals surface area contributed by atoms with Crippen LogP contribution in [0.15, 0.2) is 23.6 Å². The smallest absolute Gasteiger partial charge is 0.341 e. The summed E-state index contributed by atoms with van der Waals surface area (Å²) in [6.45, 7) is 1.58. The Balaban J connectivity index is 1.34. The Morgan fingerprint density at radius 3 is 2.52 bits per heavy atom. The van der Waals surface area contributed by atoms with Gasteiger partial charge in [0.25, 0.3) is 0 Å². The molecule has 8 nitrogen and oxygen atoms in total. The molecule has 2 aliphatic carbocycles. The van der Waals surface area contributed by atoms with Gasteiger partial charge in [-0.15, -0.1) is 11.3 Å². The van der Waals surface area contributed by atoms with Gasteiger partial charge in [0.1, 0.15) is 11.5 Å². The lowest BCUT2D eigenvalue weighted by molar-refractivity contribution is -0.144. The number of nitrogens with one attached hydrogen (secondary N) is 2. The van der Waals surface area contributed by atoms with Crippen LogP contribution in [0.3, 0.4) is 0 Å². The highest BCUT2D eigenvalue weighted by molar-refractivity contribution is 7.80. The first-order valence-corrected chi connectivity index (χ1v) is 10.6. The summed E-state index contributed by atoms with van der Waals surface area (Å²) in [6.07, 6.45) is 4.84. The summed E-state index contributed by atoms with van der Waals surface area (Å²) in [5, 5.41) is 7.37. The third-order valence-corrected chi connectivity index (χ3v) is 6.54. The summed E-state index contributed by atoms with van der Waals surface area (Å²) in [5.74, 6) is -2.12. The molecule has 2 fully saturated rings. The molecule has 1 aromatic rings. The molecule has 152 valence electrons. The summed E-state index contributed by atoms with van der Waals surface area (Å²) in [7, 11) is 0. The van der Waals surface area contributed by atoms with E-state index in [1.165, 1.54) is 11.3 Å². The zero-order valence-corrected chi connectivity index (χ0v) is 17.2. The molecule has 4 rings (SSSR count). The number of carbonyl (C=O) groups excluding carboxylic acids is 4. The van der Waals surface area contributed by atoms with Crippen molar-refractivity contribution in [3.8, 4) is 0 Å². The Hall–Kier alpha value is -2.59. The first kappa shape index (κ1) is 19.7. The van der Waals surface area contributed by atoms with E-state index in [0.717, 1.165) is 11.3 Å². The molecule has 1 saturated heterocycles. The van der Waals surface area contributed by atoms with Crippen LogP contribution in [0.25, 0.3) is 0 Å². The highest BCUT2D eigenvalue weighted by Crippen LogP contribution is 2.52. The van der Waals surface area contributed by atoms with Crippen LogP contribution in [-0.4, -0.2) is 46.9 Å². The van der Waals surface area contributed by atoms with Crippen LogP contribution in [-0.2, 0) is 19.1 Å². The summed E-state index contributed by atoms with van der Waals surface area (Å²) in [6, 6.07) is 1.60. The Morgan fingerprint density at radius 2 is 1.90 bits per heavy atom. The summed E-state index contributed by atoms with van der Waals surface area (Å²) >= 11 is 6.36. The van der Waals surface area contributed by atoms with Crippen molar-refractivity contribution in [2.45, 2.75) is 13.3 Å². The van der Waals surface area contributed by atoms with E-state index in [0.29, 0.717) is 10.6 Å². The molecule has 0 aromatic carbocycles. The summed E-state index contributed by atoms with van der Waals surface area (Å²) < 4.78 is 4.97. The van der Waals surface area contributed by atoms with Gasteiger partial charge in [-0.25, -0.2) is 4.79 Å². The Kier molecular flexibility index (Phi) is 5.22. The lowest BCUT2D eigenvalue weighted by Gasteiger charge is -2.17. The molecular weight excluding hydrogens is 414 g/mol. The van der Waals surface area contributed by atoms with Crippen LogP contribution in [0.1, 0.15) is 23.7 Å². The predicted molar refractivity (Wildman–Crippen MR) is 109 cm³/mol. The Morgan fingerprint density at radius 1 is 1.24 bits per heavy atom. The maximum absolute atomic E-state index is 12.6. The number of nitrogens with zero attached hydrogens (tertiary/aromatic N) is 1. The van der Waals surface area contributed by atoms with Crippen molar-refractivity contribution in [3.05, 3.63) is 29.2 Å². The minimum Gasteiger partial charge on any atom is -0.462 e. The molecule has 10 heteroatoms. The van der Waals surface area contributed by atoms with Gasteiger partial charge >= 0.3 is 5.97 Å². The standard InChI is InChI=1S/C19H19N3O5S2/c1-2-27-18(26)11-5-6-29-15(11)21-19(28)20-12(23)8-22-16(24)13-9-3-4-10(7-9)14(13)17(22)25/h3-6,9-10,13-14H,2,7-8H2,1H3,(H2,20,21,23,28)/t9-,10+,13-,14+. The first-order valence-electron chi connectivity index (χ1n) is 9.29. The molecule has 1 saturated carbocycles. The number of thiophene rings is 1. The fourth-order valence-corrected chi connectivity index (χ4v) is 5.40. The topological polar surface area (TPSA) is 105 Å². The average Bonchev–Trinajstić information content (AvgIpc) is 3.43. The molecule has 2 heterocycles.